The fraction of sp³-hybridized carbons (Fsp3) is 0.667. The van der Waals surface area contributed by atoms with Crippen LogP contribution < -0.4 is 0 Å². The third kappa shape index (κ3) is 3.16. The number of rotatable bonds is 6. The van der Waals surface area contributed by atoms with Gasteiger partial charge >= 0.3 is 5.97 Å². The van der Waals surface area contributed by atoms with Crippen molar-refractivity contribution in [3.63, 3.8) is 0 Å². The van der Waals surface area contributed by atoms with Crippen LogP contribution in [0.25, 0.3) is 0 Å². The Balaban J connectivity index is 4.56. The summed E-state index contributed by atoms with van der Waals surface area (Å²) in [7, 11) is 0. The van der Waals surface area contributed by atoms with Crippen molar-refractivity contribution in [2.75, 3.05) is 13.2 Å². The lowest BCUT2D eigenvalue weighted by Gasteiger charge is -2.28. The summed E-state index contributed by atoms with van der Waals surface area (Å²) in [5.41, 5.74) is -0.0869. The quantitative estimate of drug-likeness (QED) is 0.506. The molecule has 0 aliphatic carbocycles. The predicted molar refractivity (Wildman–Crippen MR) is 48.4 cm³/mol. The van der Waals surface area contributed by atoms with Gasteiger partial charge in [-0.05, 0) is 20.8 Å². The van der Waals surface area contributed by atoms with Gasteiger partial charge in [-0.2, -0.15) is 0 Å². The van der Waals surface area contributed by atoms with E-state index in [0.717, 1.165) is 0 Å². The topological polar surface area (TPSA) is 55.8 Å². The maximum Gasteiger partial charge on any atom is 0.336 e. The van der Waals surface area contributed by atoms with Gasteiger partial charge in [-0.25, -0.2) is 4.79 Å². The maximum atomic E-state index is 10.6. The standard InChI is InChI=1S/C9H16O4/c1-5-12-9(4,13-6-2)7(3)8(10)11/h3,5-6H2,1-2,4H3,(H,10,11). The second-order valence-corrected chi connectivity index (χ2v) is 2.60. The van der Waals surface area contributed by atoms with Crippen LogP contribution in [-0.4, -0.2) is 30.1 Å². The molecule has 0 saturated heterocycles. The number of carboxylic acid groups (broad SMARTS) is 1. The van der Waals surface area contributed by atoms with Crippen LogP contribution in [0.1, 0.15) is 20.8 Å². The molecular weight excluding hydrogens is 172 g/mol. The number of ether oxygens (including phenoxy) is 2. The largest absolute Gasteiger partial charge is 0.478 e. The minimum absolute atomic E-state index is 0.0869. The normalized spacial score (nSPS) is 11.3. The fourth-order valence-corrected chi connectivity index (χ4v) is 0.961. The molecule has 0 saturated carbocycles. The first-order valence-corrected chi connectivity index (χ1v) is 4.18. The monoisotopic (exact) mass is 188 g/mol. The third-order valence-electron chi connectivity index (χ3n) is 1.65. The average molecular weight is 188 g/mol. The number of hydrogen-bond donors (Lipinski definition) is 1. The Morgan fingerprint density at radius 3 is 2.00 bits per heavy atom. The van der Waals surface area contributed by atoms with E-state index < -0.39 is 11.8 Å². The van der Waals surface area contributed by atoms with Gasteiger partial charge in [0.1, 0.15) is 0 Å². The third-order valence-corrected chi connectivity index (χ3v) is 1.65. The van der Waals surface area contributed by atoms with Gasteiger partial charge in [-0.3, -0.25) is 0 Å². The molecule has 4 nitrogen and oxygen atoms in total. The Hall–Kier alpha value is -0.870. The average Bonchev–Trinajstić information content (AvgIpc) is 2.03. The lowest BCUT2D eigenvalue weighted by atomic mass is 10.1. The molecule has 0 bridgehead atoms. The van der Waals surface area contributed by atoms with Crippen LogP contribution in [0, 0.1) is 0 Å². The summed E-state index contributed by atoms with van der Waals surface area (Å²) in [5, 5.41) is 8.71. The van der Waals surface area contributed by atoms with E-state index in [1.165, 1.54) is 0 Å². The highest BCUT2D eigenvalue weighted by Gasteiger charge is 2.33. The van der Waals surface area contributed by atoms with Crippen molar-refractivity contribution in [1.29, 1.82) is 0 Å². The number of hydrogen-bond acceptors (Lipinski definition) is 3. The molecule has 0 aromatic heterocycles. The van der Waals surface area contributed by atoms with Crippen LogP contribution in [0.5, 0.6) is 0 Å². The molecule has 0 aromatic rings. The Labute approximate surface area is 78.2 Å². The van der Waals surface area contributed by atoms with Crippen LogP contribution >= 0.6 is 0 Å². The Kier molecular flexibility index (Phi) is 4.66. The lowest BCUT2D eigenvalue weighted by Crippen LogP contribution is -2.37. The zero-order chi connectivity index (χ0) is 10.5. The number of carboxylic acids is 1. The SMILES string of the molecule is C=C(C(=O)O)C(C)(OCC)OCC. The predicted octanol–water partition coefficient (Wildman–Crippen LogP) is 1.42. The van der Waals surface area contributed by atoms with Crippen LogP contribution in [0.3, 0.4) is 0 Å². The Bertz CT molecular complexity index is 192. The van der Waals surface area contributed by atoms with Crippen molar-refractivity contribution in [1.82, 2.24) is 0 Å². The summed E-state index contributed by atoms with van der Waals surface area (Å²) in [6.45, 7) is 9.26. The molecule has 0 aliphatic rings. The summed E-state index contributed by atoms with van der Waals surface area (Å²) in [6, 6.07) is 0. The molecular formula is C9H16O4. The van der Waals surface area contributed by atoms with Crippen molar-refractivity contribution in [2.24, 2.45) is 0 Å². The molecule has 0 radical (unpaired) electrons. The first kappa shape index (κ1) is 12.1. The number of aliphatic carboxylic acids is 1. The maximum absolute atomic E-state index is 10.6. The molecule has 13 heavy (non-hydrogen) atoms. The fourth-order valence-electron chi connectivity index (χ4n) is 0.961. The van der Waals surface area contributed by atoms with E-state index in [9.17, 15) is 4.79 Å². The molecule has 76 valence electrons. The second-order valence-electron chi connectivity index (χ2n) is 2.60. The van der Waals surface area contributed by atoms with Gasteiger partial charge in [0.15, 0.2) is 5.79 Å². The Morgan fingerprint density at radius 2 is 1.77 bits per heavy atom. The zero-order valence-electron chi connectivity index (χ0n) is 8.29. The van der Waals surface area contributed by atoms with Gasteiger partial charge in [0.25, 0.3) is 0 Å². The zero-order valence-corrected chi connectivity index (χ0v) is 8.29. The molecule has 0 unspecified atom stereocenters. The molecule has 0 amide bonds. The summed E-state index contributed by atoms with van der Waals surface area (Å²) < 4.78 is 10.4. The van der Waals surface area contributed by atoms with E-state index in [0.29, 0.717) is 13.2 Å². The minimum Gasteiger partial charge on any atom is -0.478 e. The van der Waals surface area contributed by atoms with E-state index in [1.54, 1.807) is 20.8 Å². The van der Waals surface area contributed by atoms with Gasteiger partial charge < -0.3 is 14.6 Å². The van der Waals surface area contributed by atoms with Crippen molar-refractivity contribution in [3.05, 3.63) is 12.2 Å². The molecule has 0 rings (SSSR count). The summed E-state index contributed by atoms with van der Waals surface area (Å²) in [5.74, 6) is -2.32. The van der Waals surface area contributed by atoms with Gasteiger partial charge in [0.05, 0.1) is 5.57 Å². The van der Waals surface area contributed by atoms with Gasteiger partial charge in [0, 0.05) is 13.2 Å². The molecule has 0 atom stereocenters. The highest BCUT2D eigenvalue weighted by atomic mass is 16.7. The van der Waals surface area contributed by atoms with E-state index in [2.05, 4.69) is 6.58 Å². The van der Waals surface area contributed by atoms with Crippen molar-refractivity contribution >= 4 is 5.97 Å². The van der Waals surface area contributed by atoms with Crippen LogP contribution in [0.2, 0.25) is 0 Å². The van der Waals surface area contributed by atoms with Crippen LogP contribution in [0.4, 0.5) is 0 Å². The Morgan fingerprint density at radius 1 is 1.38 bits per heavy atom. The van der Waals surface area contributed by atoms with E-state index in [-0.39, 0.29) is 5.57 Å². The van der Waals surface area contributed by atoms with Crippen LogP contribution in [0.15, 0.2) is 12.2 Å². The van der Waals surface area contributed by atoms with E-state index >= 15 is 0 Å². The first-order valence-electron chi connectivity index (χ1n) is 4.18. The van der Waals surface area contributed by atoms with Gasteiger partial charge in [-0.1, -0.05) is 6.58 Å². The van der Waals surface area contributed by atoms with Crippen LogP contribution in [-0.2, 0) is 14.3 Å². The van der Waals surface area contributed by atoms with E-state index in [4.69, 9.17) is 14.6 Å². The van der Waals surface area contributed by atoms with Crippen molar-refractivity contribution < 1.29 is 19.4 Å². The molecule has 4 heteroatoms. The number of carbonyl (C=O) groups is 1. The molecule has 0 fully saturated rings. The molecule has 0 aliphatic heterocycles. The lowest BCUT2D eigenvalue weighted by molar-refractivity contribution is -0.198. The molecule has 0 heterocycles. The highest BCUT2D eigenvalue weighted by molar-refractivity contribution is 5.87. The summed E-state index contributed by atoms with van der Waals surface area (Å²) in [4.78, 5) is 10.6. The molecule has 0 spiro atoms. The smallest absolute Gasteiger partial charge is 0.336 e. The summed E-state index contributed by atoms with van der Waals surface area (Å²) in [6.07, 6.45) is 0. The van der Waals surface area contributed by atoms with E-state index in [1.807, 2.05) is 0 Å². The summed E-state index contributed by atoms with van der Waals surface area (Å²) >= 11 is 0. The second kappa shape index (κ2) is 4.99. The minimum atomic E-state index is -1.21. The van der Waals surface area contributed by atoms with Crippen molar-refractivity contribution in [3.8, 4) is 0 Å². The molecule has 0 aromatic carbocycles. The van der Waals surface area contributed by atoms with Gasteiger partial charge in [0.2, 0.25) is 0 Å². The molecule has 1 N–H and O–H groups in total. The van der Waals surface area contributed by atoms with Crippen molar-refractivity contribution in [2.45, 2.75) is 26.6 Å². The van der Waals surface area contributed by atoms with Gasteiger partial charge in [-0.15, -0.1) is 0 Å². The highest BCUT2D eigenvalue weighted by Crippen LogP contribution is 2.21. The first-order chi connectivity index (χ1) is 5.98.